The van der Waals surface area contributed by atoms with E-state index in [4.69, 9.17) is 4.74 Å². The van der Waals surface area contributed by atoms with Crippen LogP contribution in [-0.2, 0) is 69.6 Å². The maximum absolute atomic E-state index is 14.8. The number of methoxy groups -OCH3 is 1. The number of carbonyl (C=O) groups excluding carboxylic acids is 8. The van der Waals surface area contributed by atoms with Crippen LogP contribution in [0.5, 0.6) is 11.5 Å². The van der Waals surface area contributed by atoms with Crippen molar-refractivity contribution in [3.63, 3.8) is 0 Å². The Bertz CT molecular complexity index is 3860. The fourth-order valence-corrected chi connectivity index (χ4v) is 13.1. The summed E-state index contributed by atoms with van der Waals surface area (Å²) in [5.74, 6) is -4.59. The normalized spacial score (nSPS) is 15.1. The first kappa shape index (κ1) is 78.9. The fourth-order valence-electron chi connectivity index (χ4n) is 11.4. The summed E-state index contributed by atoms with van der Waals surface area (Å²) < 4.78 is 47.4. The van der Waals surface area contributed by atoms with Gasteiger partial charge in [-0.2, -0.15) is 8.78 Å². The molecule has 11 N–H and O–H groups in total. The molecule has 1 aliphatic heterocycles. The fraction of sp³-hybridized carbons (Fsp3) is 0.431. The number of unbranched alkanes of at least 4 members (excludes halogenated alkanes) is 5. The molecule has 6 atom stereocenters. The first-order valence-electron chi connectivity index (χ1n) is 33.1. The van der Waals surface area contributed by atoms with Crippen LogP contribution < -0.4 is 42.0 Å². The third kappa shape index (κ3) is 23.0. The van der Waals surface area contributed by atoms with Crippen LogP contribution in [0.1, 0.15) is 134 Å². The SMILES string of the molecule is COc1cc(CC(=O)NC(Cc2ccccc2)C(=O)NC(Cc2ccc(C(F)(F)P(=O)(O)O)cc2)C(=O)NC(CCCCNC(=O)c2ccc(C)c(Br)c2)C(=O)NCCCCCCCC(=O)NC(C(=O)N2CC(O)CC2C(=O)NCc2ccc(-c3scnc3C)cc2)C(C)(C)C)ccc1O. The molecule has 1 saturated heterocycles. The van der Waals surface area contributed by atoms with Crippen molar-refractivity contribution in [1.82, 2.24) is 47.1 Å². The summed E-state index contributed by atoms with van der Waals surface area (Å²) in [6.45, 7) is 9.74. The number of likely N-dealkylation sites (tertiary alicyclic amines) is 1. The summed E-state index contributed by atoms with van der Waals surface area (Å²) in [4.78, 5) is 137. The molecule has 0 bridgehead atoms. The van der Waals surface area contributed by atoms with Gasteiger partial charge in [-0.15, -0.1) is 11.3 Å². The summed E-state index contributed by atoms with van der Waals surface area (Å²) in [5, 5.41) is 40.7. The Morgan fingerprint density at radius 1 is 0.700 bits per heavy atom. The zero-order valence-corrected chi connectivity index (χ0v) is 60.1. The van der Waals surface area contributed by atoms with Crippen LogP contribution in [0.3, 0.4) is 0 Å². The molecule has 2 heterocycles. The van der Waals surface area contributed by atoms with Crippen LogP contribution in [-0.4, -0.2) is 140 Å². The van der Waals surface area contributed by atoms with Crippen LogP contribution in [0.4, 0.5) is 8.78 Å². The standard InChI is InChI=1S/C72H89BrF2N9O14PS/c1-44-21-27-51(39-54(44)73)65(89)76-34-16-14-19-55(66(90)77-33-15-9-7-8-13-20-61(87)83-64(71(3,4)5)70(94)84-42-53(85)40-58(84)69(93)78-41-48-22-28-50(29-23-48)63-45(2)79-43-100-63)81-68(92)57(36-47-24-30-52(31-25-47)72(74,75)99(95,96)97)82-67(91)56(35-46-17-11-10-12-18-46)80-62(88)38-49-26-32-59(86)60(37-49)98-6/h10-12,17-18,21-32,37,39,43,53,55-58,64,85-86H,7-9,13-16,19-20,33-36,38,40-42H2,1-6H3,(H,76,89)(H,77,90)(H,78,93)(H,80,88)(H,81,92)(H,82,91)(H,83,87)(H2,95,96,97). The van der Waals surface area contributed by atoms with Crippen LogP contribution >= 0.6 is 34.9 Å². The molecule has 6 unspecified atom stereocenters. The van der Waals surface area contributed by atoms with Crippen molar-refractivity contribution in [3.8, 4) is 21.9 Å². The number of aliphatic hydroxyl groups excluding tert-OH is 1. The lowest BCUT2D eigenvalue weighted by Crippen LogP contribution is -2.57. The van der Waals surface area contributed by atoms with Gasteiger partial charge in [0.1, 0.15) is 30.2 Å². The number of carbonyl (C=O) groups is 8. The van der Waals surface area contributed by atoms with Crippen molar-refractivity contribution in [2.75, 3.05) is 26.7 Å². The van der Waals surface area contributed by atoms with Crippen molar-refractivity contribution in [2.45, 2.75) is 167 Å². The van der Waals surface area contributed by atoms with E-state index in [1.165, 1.54) is 41.5 Å². The molecule has 23 nitrogen and oxygen atoms in total. The van der Waals surface area contributed by atoms with Gasteiger partial charge in [-0.25, -0.2) is 4.98 Å². The van der Waals surface area contributed by atoms with E-state index < -0.39 is 102 Å². The van der Waals surface area contributed by atoms with Gasteiger partial charge in [0.25, 0.3) is 5.91 Å². The number of aromatic hydroxyl groups is 1. The number of nitrogens with zero attached hydrogens (tertiary/aromatic N) is 2. The molecule has 6 aromatic rings. The molecule has 8 amide bonds. The van der Waals surface area contributed by atoms with E-state index in [-0.39, 0.29) is 87.2 Å². The molecule has 1 fully saturated rings. The molecular weight excluding hydrogens is 1400 g/mol. The molecule has 1 aromatic heterocycles. The van der Waals surface area contributed by atoms with Gasteiger partial charge >= 0.3 is 13.3 Å². The van der Waals surface area contributed by atoms with Gasteiger partial charge < -0.3 is 66.9 Å². The molecule has 28 heteroatoms. The second kappa shape index (κ2) is 36.8. The highest BCUT2D eigenvalue weighted by Gasteiger charge is 2.50. The van der Waals surface area contributed by atoms with Crippen LogP contribution in [0.25, 0.3) is 10.4 Å². The number of benzene rings is 5. The highest BCUT2D eigenvalue weighted by Crippen LogP contribution is 2.59. The third-order valence-electron chi connectivity index (χ3n) is 17.1. The van der Waals surface area contributed by atoms with Crippen molar-refractivity contribution in [1.29, 1.82) is 0 Å². The summed E-state index contributed by atoms with van der Waals surface area (Å²) in [6, 6.07) is 23.6. The van der Waals surface area contributed by atoms with Crippen molar-refractivity contribution in [3.05, 3.63) is 170 Å². The van der Waals surface area contributed by atoms with Gasteiger partial charge in [0, 0.05) is 67.5 Å². The monoisotopic (exact) mass is 1480 g/mol. The molecule has 7 rings (SSSR count). The summed E-state index contributed by atoms with van der Waals surface area (Å²) in [7, 11) is -4.62. The predicted octanol–water partition coefficient (Wildman–Crippen LogP) is 8.48. The summed E-state index contributed by atoms with van der Waals surface area (Å²) in [6.07, 6.45) is 2.01. The van der Waals surface area contributed by atoms with E-state index in [2.05, 4.69) is 58.1 Å². The van der Waals surface area contributed by atoms with E-state index in [0.717, 1.165) is 56.0 Å². The highest BCUT2D eigenvalue weighted by molar-refractivity contribution is 9.10. The van der Waals surface area contributed by atoms with Gasteiger partial charge in [0.05, 0.1) is 35.7 Å². The van der Waals surface area contributed by atoms with Crippen LogP contribution in [0, 0.1) is 19.3 Å². The zero-order chi connectivity index (χ0) is 72.9. The number of β-amino-alcohol motifs (C(OH)–C–C–N with tert-alkyl or cyclic N) is 1. The zero-order valence-electron chi connectivity index (χ0n) is 56.8. The van der Waals surface area contributed by atoms with Crippen LogP contribution in [0.15, 0.2) is 125 Å². The number of phenols is 1. The third-order valence-corrected chi connectivity index (χ3v) is 20.0. The van der Waals surface area contributed by atoms with Gasteiger partial charge in [0.15, 0.2) is 11.5 Å². The second-order valence-electron chi connectivity index (χ2n) is 26.1. The number of halogens is 3. The number of hydrogen-bond donors (Lipinski definition) is 11. The number of aromatic nitrogens is 1. The number of ether oxygens (including phenoxy) is 1. The molecule has 0 radical (unpaired) electrons. The van der Waals surface area contributed by atoms with E-state index >= 15 is 0 Å². The van der Waals surface area contributed by atoms with Crippen molar-refractivity contribution in [2.24, 2.45) is 5.41 Å². The molecule has 5 aromatic carbocycles. The molecular formula is C72H89BrF2N9O14PS. The van der Waals surface area contributed by atoms with E-state index in [1.807, 2.05) is 58.9 Å². The quantitative estimate of drug-likeness (QED) is 0.0131. The minimum absolute atomic E-state index is 0.0373. The number of aliphatic hydroxyl groups is 1. The first-order valence-corrected chi connectivity index (χ1v) is 36.4. The van der Waals surface area contributed by atoms with E-state index in [9.17, 15) is 71.7 Å². The molecule has 0 aliphatic carbocycles. The number of hydrogen-bond acceptors (Lipinski definition) is 14. The van der Waals surface area contributed by atoms with Crippen LogP contribution in [0.2, 0.25) is 0 Å². The molecule has 100 heavy (non-hydrogen) atoms. The average Bonchev–Trinajstić information content (AvgIpc) is 1.08. The number of aryl methyl sites for hydroxylation is 2. The first-order chi connectivity index (χ1) is 47.4. The molecule has 0 spiro atoms. The number of thiazole rings is 1. The van der Waals surface area contributed by atoms with Gasteiger partial charge in [0.2, 0.25) is 41.4 Å². The van der Waals surface area contributed by atoms with Crippen molar-refractivity contribution < 1.29 is 76.4 Å². The largest absolute Gasteiger partial charge is 0.504 e. The lowest BCUT2D eigenvalue weighted by Gasteiger charge is -2.35. The Labute approximate surface area is 593 Å². The summed E-state index contributed by atoms with van der Waals surface area (Å²) in [5.41, 5.74) is 0.803. The number of amides is 8. The Morgan fingerprint density at radius 2 is 1.31 bits per heavy atom. The average molecular weight is 1490 g/mol. The Hall–Kier alpha value is -8.46. The van der Waals surface area contributed by atoms with E-state index in [0.29, 0.717) is 61.6 Å². The number of phenolic OH excluding ortho intramolecular Hbond substituents is 1. The number of rotatable bonds is 35. The molecule has 1 aliphatic rings. The molecule has 0 saturated carbocycles. The Morgan fingerprint density at radius 3 is 1.95 bits per heavy atom. The topological polar surface area (TPSA) is 344 Å². The maximum Gasteiger partial charge on any atom is 0.399 e. The Balaban J connectivity index is 0.978. The molecule has 538 valence electrons. The lowest BCUT2D eigenvalue weighted by atomic mass is 9.85. The predicted molar refractivity (Wildman–Crippen MR) is 378 cm³/mol. The maximum atomic E-state index is 14.8. The minimum atomic E-state index is -5.97. The minimum Gasteiger partial charge on any atom is -0.504 e. The van der Waals surface area contributed by atoms with E-state index in [1.54, 1.807) is 54.0 Å². The number of nitrogens with one attached hydrogen (secondary N) is 7. The summed E-state index contributed by atoms with van der Waals surface area (Å²) >= 11 is 4.99. The highest BCUT2D eigenvalue weighted by atomic mass is 79.9. The smallest absolute Gasteiger partial charge is 0.399 e. The van der Waals surface area contributed by atoms with Crippen molar-refractivity contribution >= 4 is 82.1 Å². The Kier molecular flexibility index (Phi) is 29.0. The number of alkyl halides is 2. The second-order valence-corrected chi connectivity index (χ2v) is 29.4. The van der Waals surface area contributed by atoms with Gasteiger partial charge in [-0.1, -0.05) is 147 Å². The lowest BCUT2D eigenvalue weighted by molar-refractivity contribution is -0.144. The van der Waals surface area contributed by atoms with Gasteiger partial charge in [-0.05, 0) is 109 Å². The van der Waals surface area contributed by atoms with Gasteiger partial charge in [-0.3, -0.25) is 42.9 Å².